The molecule has 1 aromatic carbocycles. The average molecular weight is 262 g/mol. The minimum absolute atomic E-state index is 0.177. The summed E-state index contributed by atoms with van der Waals surface area (Å²) in [6.45, 7) is 4.58. The van der Waals surface area contributed by atoms with Crippen LogP contribution in [-0.4, -0.2) is 42.9 Å². The first-order valence-electron chi connectivity index (χ1n) is 6.23. The fraction of sp³-hybridized carbons (Fsp3) is 0.385. The van der Waals surface area contributed by atoms with Gasteiger partial charge in [0.2, 0.25) is 11.8 Å². The summed E-state index contributed by atoms with van der Waals surface area (Å²) in [6.07, 6.45) is 0. The minimum Gasteiger partial charge on any atom is -0.366 e. The summed E-state index contributed by atoms with van der Waals surface area (Å²) in [7, 11) is 0. The predicted molar refractivity (Wildman–Crippen MR) is 71.6 cm³/mol. The third-order valence-corrected chi connectivity index (χ3v) is 3.23. The highest BCUT2D eigenvalue weighted by atomic mass is 16.2. The molecule has 1 aromatic rings. The van der Waals surface area contributed by atoms with Gasteiger partial charge in [-0.05, 0) is 17.7 Å². The summed E-state index contributed by atoms with van der Waals surface area (Å²) >= 11 is 0. The summed E-state index contributed by atoms with van der Waals surface area (Å²) in [5, 5.41) is 3.28. The number of hydrogen-bond acceptors (Lipinski definition) is 4. The van der Waals surface area contributed by atoms with E-state index in [1.807, 2.05) is 6.07 Å². The number of nitrogens with one attached hydrogen (secondary N) is 1. The normalized spacial score (nSPS) is 16.2. The first-order chi connectivity index (χ1) is 9.08. The maximum atomic E-state index is 11.4. The highest BCUT2D eigenvalue weighted by Crippen LogP contribution is 2.13. The number of hydrogen-bond donors (Lipinski definition) is 3. The van der Waals surface area contributed by atoms with Crippen LogP contribution < -0.4 is 16.8 Å². The van der Waals surface area contributed by atoms with Crippen molar-refractivity contribution in [1.82, 2.24) is 10.2 Å². The topological polar surface area (TPSA) is 101 Å². The molecule has 1 aliphatic rings. The van der Waals surface area contributed by atoms with E-state index < -0.39 is 11.8 Å². The molecule has 0 aromatic heterocycles. The molecule has 6 heteroatoms. The van der Waals surface area contributed by atoms with Crippen LogP contribution in [0.25, 0.3) is 0 Å². The van der Waals surface area contributed by atoms with Crippen LogP contribution in [0.15, 0.2) is 18.2 Å². The van der Waals surface area contributed by atoms with E-state index in [1.165, 1.54) is 0 Å². The summed E-state index contributed by atoms with van der Waals surface area (Å²) in [4.78, 5) is 24.9. The molecule has 0 saturated carbocycles. The second kappa shape index (κ2) is 5.81. The molecule has 0 spiro atoms. The van der Waals surface area contributed by atoms with E-state index in [4.69, 9.17) is 11.5 Å². The van der Waals surface area contributed by atoms with Crippen LogP contribution >= 0.6 is 0 Å². The Hall–Kier alpha value is -1.92. The fourth-order valence-corrected chi connectivity index (χ4v) is 2.24. The van der Waals surface area contributed by atoms with Gasteiger partial charge in [0, 0.05) is 32.7 Å². The highest BCUT2D eigenvalue weighted by molar-refractivity contribution is 6.06. The Morgan fingerprint density at radius 1 is 1.11 bits per heavy atom. The summed E-state index contributed by atoms with van der Waals surface area (Å²) in [5.74, 6) is -1.27. The number of piperazine rings is 1. The number of benzene rings is 1. The molecule has 2 amide bonds. The second-order valence-corrected chi connectivity index (χ2v) is 4.63. The molecule has 2 rings (SSSR count). The Balaban J connectivity index is 2.20. The van der Waals surface area contributed by atoms with Gasteiger partial charge in [-0.2, -0.15) is 0 Å². The highest BCUT2D eigenvalue weighted by Gasteiger charge is 2.15. The summed E-state index contributed by atoms with van der Waals surface area (Å²) < 4.78 is 0. The van der Waals surface area contributed by atoms with Crippen LogP contribution in [0.3, 0.4) is 0 Å². The van der Waals surface area contributed by atoms with Crippen LogP contribution in [0.2, 0.25) is 0 Å². The lowest BCUT2D eigenvalue weighted by atomic mass is 10.0. The maximum absolute atomic E-state index is 11.4. The Morgan fingerprint density at radius 3 is 2.32 bits per heavy atom. The third-order valence-electron chi connectivity index (χ3n) is 3.23. The van der Waals surface area contributed by atoms with Crippen molar-refractivity contribution in [3.05, 3.63) is 34.9 Å². The lowest BCUT2D eigenvalue weighted by Crippen LogP contribution is -2.42. The standard InChI is InChI=1S/C13H18N4O2/c14-12(18)10-2-1-9(7-11(10)13(15)19)8-17-5-3-16-4-6-17/h1-2,7,16H,3-6,8H2,(H2,14,18)(H2,15,19). The molecule has 1 heterocycles. The first-order valence-corrected chi connectivity index (χ1v) is 6.23. The van der Waals surface area contributed by atoms with E-state index in [0.29, 0.717) is 0 Å². The van der Waals surface area contributed by atoms with Crippen LogP contribution in [0.4, 0.5) is 0 Å². The van der Waals surface area contributed by atoms with Crippen molar-refractivity contribution in [3.8, 4) is 0 Å². The lowest BCUT2D eigenvalue weighted by Gasteiger charge is -2.27. The molecule has 0 radical (unpaired) electrons. The Kier molecular flexibility index (Phi) is 4.13. The largest absolute Gasteiger partial charge is 0.366 e. The molecule has 1 aliphatic heterocycles. The van der Waals surface area contributed by atoms with Crippen LogP contribution in [0.1, 0.15) is 26.3 Å². The Labute approximate surface area is 111 Å². The lowest BCUT2D eigenvalue weighted by molar-refractivity contribution is 0.0967. The van der Waals surface area contributed by atoms with Crippen molar-refractivity contribution >= 4 is 11.8 Å². The van der Waals surface area contributed by atoms with E-state index in [-0.39, 0.29) is 11.1 Å². The number of carbonyl (C=O) groups excluding carboxylic acids is 2. The monoisotopic (exact) mass is 262 g/mol. The molecule has 0 aliphatic carbocycles. The van der Waals surface area contributed by atoms with Gasteiger partial charge in [-0.25, -0.2) is 0 Å². The van der Waals surface area contributed by atoms with Gasteiger partial charge in [-0.15, -0.1) is 0 Å². The van der Waals surface area contributed by atoms with Gasteiger partial charge in [0.25, 0.3) is 0 Å². The SMILES string of the molecule is NC(=O)c1ccc(CN2CCNCC2)cc1C(N)=O. The van der Waals surface area contributed by atoms with Crippen molar-refractivity contribution in [2.24, 2.45) is 11.5 Å². The van der Waals surface area contributed by atoms with E-state index in [0.717, 1.165) is 38.3 Å². The van der Waals surface area contributed by atoms with Gasteiger partial charge in [-0.3, -0.25) is 14.5 Å². The molecular formula is C13H18N4O2. The Morgan fingerprint density at radius 2 is 1.74 bits per heavy atom. The molecular weight excluding hydrogens is 244 g/mol. The third kappa shape index (κ3) is 3.30. The van der Waals surface area contributed by atoms with E-state index >= 15 is 0 Å². The fourth-order valence-electron chi connectivity index (χ4n) is 2.24. The number of amides is 2. The summed E-state index contributed by atoms with van der Waals surface area (Å²) in [6, 6.07) is 5.04. The molecule has 0 bridgehead atoms. The van der Waals surface area contributed by atoms with E-state index in [1.54, 1.807) is 12.1 Å². The van der Waals surface area contributed by atoms with Gasteiger partial charge >= 0.3 is 0 Å². The van der Waals surface area contributed by atoms with E-state index in [2.05, 4.69) is 10.2 Å². The number of carbonyl (C=O) groups is 2. The van der Waals surface area contributed by atoms with Gasteiger partial charge in [-0.1, -0.05) is 6.07 Å². The smallest absolute Gasteiger partial charge is 0.249 e. The van der Waals surface area contributed by atoms with Crippen LogP contribution in [0, 0.1) is 0 Å². The van der Waals surface area contributed by atoms with Gasteiger partial charge < -0.3 is 16.8 Å². The van der Waals surface area contributed by atoms with Crippen molar-refractivity contribution < 1.29 is 9.59 Å². The molecule has 1 fully saturated rings. The minimum atomic E-state index is -0.637. The van der Waals surface area contributed by atoms with Crippen molar-refractivity contribution in [3.63, 3.8) is 0 Å². The molecule has 0 atom stereocenters. The zero-order valence-corrected chi connectivity index (χ0v) is 10.7. The van der Waals surface area contributed by atoms with Crippen LogP contribution in [-0.2, 0) is 6.54 Å². The van der Waals surface area contributed by atoms with Gasteiger partial charge in [0.05, 0.1) is 11.1 Å². The van der Waals surface area contributed by atoms with Crippen molar-refractivity contribution in [2.45, 2.75) is 6.54 Å². The maximum Gasteiger partial charge on any atom is 0.249 e. The molecule has 6 nitrogen and oxygen atoms in total. The summed E-state index contributed by atoms with van der Waals surface area (Å²) in [5.41, 5.74) is 11.8. The van der Waals surface area contributed by atoms with E-state index in [9.17, 15) is 9.59 Å². The molecule has 0 unspecified atom stereocenters. The number of nitrogens with two attached hydrogens (primary N) is 2. The van der Waals surface area contributed by atoms with Gasteiger partial charge in [0.1, 0.15) is 0 Å². The number of primary amides is 2. The molecule has 5 N–H and O–H groups in total. The van der Waals surface area contributed by atoms with Crippen molar-refractivity contribution in [1.29, 1.82) is 0 Å². The average Bonchev–Trinajstić information content (AvgIpc) is 2.39. The van der Waals surface area contributed by atoms with Crippen molar-refractivity contribution in [2.75, 3.05) is 26.2 Å². The first kappa shape index (κ1) is 13.5. The van der Waals surface area contributed by atoms with Gasteiger partial charge in [0.15, 0.2) is 0 Å². The molecule has 1 saturated heterocycles. The molecule has 19 heavy (non-hydrogen) atoms. The second-order valence-electron chi connectivity index (χ2n) is 4.63. The number of rotatable bonds is 4. The Bertz CT molecular complexity index is 495. The van der Waals surface area contributed by atoms with Crippen LogP contribution in [0.5, 0.6) is 0 Å². The predicted octanol–water partition coefficient (Wildman–Crippen LogP) is -0.710. The number of nitrogens with zero attached hydrogens (tertiary/aromatic N) is 1. The zero-order chi connectivity index (χ0) is 13.8. The quantitative estimate of drug-likeness (QED) is 0.667. The molecule has 102 valence electrons. The zero-order valence-electron chi connectivity index (χ0n) is 10.7.